The van der Waals surface area contributed by atoms with Crippen LogP contribution < -0.4 is 5.32 Å². The molecular weight excluding hydrogens is 284 g/mol. The lowest BCUT2D eigenvalue weighted by Crippen LogP contribution is -2.26. The molecule has 1 unspecified atom stereocenters. The van der Waals surface area contributed by atoms with E-state index in [1.54, 1.807) is 19.5 Å². The molecule has 0 saturated carbocycles. The summed E-state index contributed by atoms with van der Waals surface area (Å²) in [4.78, 5) is 4.05. The molecule has 0 aliphatic heterocycles. The van der Waals surface area contributed by atoms with Gasteiger partial charge in [-0.15, -0.1) is 0 Å². The summed E-state index contributed by atoms with van der Waals surface area (Å²) < 4.78 is 5.07. The molecule has 2 rings (SSSR count). The molecule has 0 spiro atoms. The second-order valence-electron chi connectivity index (χ2n) is 4.98. The number of methoxy groups -OCH3 is 1. The van der Waals surface area contributed by atoms with E-state index in [0.717, 1.165) is 36.7 Å². The number of halogens is 1. The highest BCUT2D eigenvalue weighted by Crippen LogP contribution is 2.24. The summed E-state index contributed by atoms with van der Waals surface area (Å²) in [5, 5.41) is 4.17. The van der Waals surface area contributed by atoms with Gasteiger partial charge in [0.2, 0.25) is 0 Å². The van der Waals surface area contributed by atoms with Gasteiger partial charge in [0.05, 0.1) is 11.6 Å². The van der Waals surface area contributed by atoms with Gasteiger partial charge < -0.3 is 10.1 Å². The third-order valence-corrected chi connectivity index (χ3v) is 3.81. The molecule has 1 heterocycles. The molecule has 1 N–H and O–H groups in total. The van der Waals surface area contributed by atoms with Crippen LogP contribution in [0, 0.1) is 0 Å². The Labute approximate surface area is 131 Å². The van der Waals surface area contributed by atoms with Gasteiger partial charge in [0.25, 0.3) is 0 Å². The number of benzene rings is 1. The lowest BCUT2D eigenvalue weighted by atomic mass is 9.92. The zero-order valence-electron chi connectivity index (χ0n) is 12.3. The van der Waals surface area contributed by atoms with E-state index >= 15 is 0 Å². The maximum absolute atomic E-state index is 6.24. The Kier molecular flexibility index (Phi) is 6.67. The van der Waals surface area contributed by atoms with Gasteiger partial charge >= 0.3 is 0 Å². The van der Waals surface area contributed by atoms with Crippen molar-refractivity contribution >= 4 is 11.6 Å². The summed E-state index contributed by atoms with van der Waals surface area (Å²) >= 11 is 6.24. The van der Waals surface area contributed by atoms with Crippen LogP contribution in [0.3, 0.4) is 0 Å². The second kappa shape index (κ2) is 8.78. The first kappa shape index (κ1) is 16.0. The number of hydrogen-bond donors (Lipinski definition) is 1. The van der Waals surface area contributed by atoms with Crippen molar-refractivity contribution in [1.29, 1.82) is 0 Å². The van der Waals surface area contributed by atoms with Crippen molar-refractivity contribution in [2.24, 2.45) is 0 Å². The number of pyridine rings is 1. The molecule has 0 aliphatic rings. The van der Waals surface area contributed by atoms with E-state index in [1.165, 1.54) is 5.56 Å². The van der Waals surface area contributed by atoms with Crippen LogP contribution in [0.25, 0.3) is 0 Å². The Morgan fingerprint density at radius 3 is 2.76 bits per heavy atom. The normalized spacial score (nSPS) is 12.3. The predicted molar refractivity (Wildman–Crippen MR) is 86.9 cm³/mol. The molecule has 4 heteroatoms. The Morgan fingerprint density at radius 1 is 1.24 bits per heavy atom. The molecule has 1 aromatic heterocycles. The summed E-state index contributed by atoms with van der Waals surface area (Å²) in [5.74, 6) is 0.378. The zero-order valence-corrected chi connectivity index (χ0v) is 13.0. The first-order chi connectivity index (χ1) is 10.3. The highest BCUT2D eigenvalue weighted by molar-refractivity contribution is 6.31. The molecular formula is C17H21ClN2O. The van der Waals surface area contributed by atoms with E-state index in [9.17, 15) is 0 Å². The van der Waals surface area contributed by atoms with Crippen LogP contribution in [0.4, 0.5) is 0 Å². The fourth-order valence-corrected chi connectivity index (χ4v) is 2.52. The van der Waals surface area contributed by atoms with Crippen LogP contribution in [0.1, 0.15) is 17.0 Å². The summed E-state index contributed by atoms with van der Waals surface area (Å²) in [6.07, 6.45) is 4.39. The number of hydrogen-bond acceptors (Lipinski definition) is 3. The molecule has 0 fully saturated rings. The average Bonchev–Trinajstić information content (AvgIpc) is 2.53. The molecule has 112 valence electrons. The van der Waals surface area contributed by atoms with Crippen LogP contribution in [0.2, 0.25) is 5.02 Å². The Morgan fingerprint density at radius 2 is 2.05 bits per heavy atom. The van der Waals surface area contributed by atoms with Crippen molar-refractivity contribution < 1.29 is 4.74 Å². The fraction of sp³-hybridized carbons (Fsp3) is 0.353. The Bertz CT molecular complexity index is 533. The largest absolute Gasteiger partial charge is 0.383 e. The van der Waals surface area contributed by atoms with Gasteiger partial charge in [0.1, 0.15) is 0 Å². The summed E-state index contributed by atoms with van der Waals surface area (Å²) in [6.45, 7) is 2.47. The van der Waals surface area contributed by atoms with Gasteiger partial charge in [-0.2, -0.15) is 0 Å². The van der Waals surface area contributed by atoms with E-state index in [1.807, 2.05) is 12.1 Å². The van der Waals surface area contributed by atoms with Gasteiger partial charge in [0.15, 0.2) is 0 Å². The van der Waals surface area contributed by atoms with Crippen molar-refractivity contribution in [1.82, 2.24) is 10.3 Å². The maximum Gasteiger partial charge on any atom is 0.0621 e. The molecule has 0 radical (unpaired) electrons. The van der Waals surface area contributed by atoms with Gasteiger partial charge in [-0.3, -0.25) is 4.98 Å². The lowest BCUT2D eigenvalue weighted by molar-refractivity contribution is 0.199. The number of nitrogens with zero attached hydrogens (tertiary/aromatic N) is 1. The molecule has 0 aliphatic carbocycles. The molecule has 21 heavy (non-hydrogen) atoms. The zero-order chi connectivity index (χ0) is 14.9. The third-order valence-electron chi connectivity index (χ3n) is 3.47. The van der Waals surface area contributed by atoms with Gasteiger partial charge in [0, 0.05) is 38.5 Å². The number of rotatable bonds is 8. The summed E-state index contributed by atoms with van der Waals surface area (Å²) in [5.41, 5.74) is 2.45. The van der Waals surface area contributed by atoms with Crippen molar-refractivity contribution in [2.45, 2.75) is 12.3 Å². The maximum atomic E-state index is 6.24. The smallest absolute Gasteiger partial charge is 0.0621 e. The third kappa shape index (κ3) is 5.12. The van der Waals surface area contributed by atoms with Crippen LogP contribution in [0.15, 0.2) is 48.8 Å². The number of aromatic nitrogens is 1. The van der Waals surface area contributed by atoms with Crippen molar-refractivity contribution in [3.63, 3.8) is 0 Å². The first-order valence-corrected chi connectivity index (χ1v) is 7.52. The van der Waals surface area contributed by atoms with Gasteiger partial charge in [-0.1, -0.05) is 41.9 Å². The van der Waals surface area contributed by atoms with E-state index < -0.39 is 0 Å². The molecule has 1 aromatic carbocycles. The summed E-state index contributed by atoms with van der Waals surface area (Å²) in [7, 11) is 1.72. The van der Waals surface area contributed by atoms with Crippen molar-refractivity contribution in [3.8, 4) is 0 Å². The highest BCUT2D eigenvalue weighted by atomic mass is 35.5. The van der Waals surface area contributed by atoms with Gasteiger partial charge in [-0.05, 0) is 23.6 Å². The SMILES string of the molecule is COCCNCC(Cc1ccncc1Cl)c1ccccc1. The fourth-order valence-electron chi connectivity index (χ4n) is 2.32. The molecule has 0 amide bonds. The monoisotopic (exact) mass is 304 g/mol. The van der Waals surface area contributed by atoms with Crippen LogP contribution >= 0.6 is 11.6 Å². The summed E-state index contributed by atoms with van der Waals surface area (Å²) in [6, 6.07) is 12.5. The minimum absolute atomic E-state index is 0.378. The topological polar surface area (TPSA) is 34.1 Å². The quantitative estimate of drug-likeness (QED) is 0.760. The molecule has 0 bridgehead atoms. The first-order valence-electron chi connectivity index (χ1n) is 7.14. The number of ether oxygens (including phenoxy) is 1. The minimum atomic E-state index is 0.378. The lowest BCUT2D eigenvalue weighted by Gasteiger charge is -2.19. The Balaban J connectivity index is 2.07. The van der Waals surface area contributed by atoms with E-state index in [-0.39, 0.29) is 0 Å². The van der Waals surface area contributed by atoms with Crippen molar-refractivity contribution in [3.05, 3.63) is 64.9 Å². The van der Waals surface area contributed by atoms with Crippen molar-refractivity contribution in [2.75, 3.05) is 26.8 Å². The van der Waals surface area contributed by atoms with E-state index in [4.69, 9.17) is 16.3 Å². The van der Waals surface area contributed by atoms with E-state index in [0.29, 0.717) is 5.92 Å². The van der Waals surface area contributed by atoms with Gasteiger partial charge in [-0.25, -0.2) is 0 Å². The van der Waals surface area contributed by atoms with E-state index in [2.05, 4.69) is 34.6 Å². The molecule has 0 saturated heterocycles. The second-order valence-corrected chi connectivity index (χ2v) is 5.38. The van der Waals surface area contributed by atoms with Crippen LogP contribution in [0.5, 0.6) is 0 Å². The molecule has 3 nitrogen and oxygen atoms in total. The molecule has 1 atom stereocenters. The number of nitrogens with one attached hydrogen (secondary N) is 1. The minimum Gasteiger partial charge on any atom is -0.383 e. The highest BCUT2D eigenvalue weighted by Gasteiger charge is 2.13. The predicted octanol–water partition coefficient (Wildman–Crippen LogP) is 3.30. The van der Waals surface area contributed by atoms with Crippen LogP contribution in [-0.4, -0.2) is 31.8 Å². The standard InChI is InChI=1S/C17H21ClN2O/c1-21-10-9-20-12-16(14-5-3-2-4-6-14)11-15-7-8-19-13-17(15)18/h2-8,13,16,20H,9-12H2,1H3. The average molecular weight is 305 g/mol. The Hall–Kier alpha value is -1.42. The molecule has 2 aromatic rings. The van der Waals surface area contributed by atoms with Crippen LogP contribution in [-0.2, 0) is 11.2 Å².